The lowest BCUT2D eigenvalue weighted by atomic mass is 9.90. The van der Waals surface area contributed by atoms with Gasteiger partial charge in [-0.1, -0.05) is 17.6 Å². The molecule has 0 atom stereocenters. The van der Waals surface area contributed by atoms with Gasteiger partial charge in [0.1, 0.15) is 0 Å². The predicted molar refractivity (Wildman–Crippen MR) is 123 cm³/mol. The maximum absolute atomic E-state index is 12.8. The SMILES string of the molecule is O=C(Nc1nnc(-c2ccc3c(c2)CCCC3)o1)c1ccc(S(=O)(=O)N2CCCCC2)cc1. The van der Waals surface area contributed by atoms with E-state index in [1.165, 1.54) is 52.5 Å². The highest BCUT2D eigenvalue weighted by Crippen LogP contribution is 2.28. The van der Waals surface area contributed by atoms with Crippen molar-refractivity contribution in [2.75, 3.05) is 18.4 Å². The molecule has 8 nitrogen and oxygen atoms in total. The van der Waals surface area contributed by atoms with Crippen LogP contribution < -0.4 is 5.32 Å². The standard InChI is InChI=1S/C24H26N4O4S/c29-22(18-10-12-21(13-11-18)33(30,31)28-14-4-1-5-15-28)25-24-27-26-23(32-24)20-9-8-17-6-2-3-7-19(17)16-20/h8-13,16H,1-7,14-15H2,(H,25,27,29). The fraction of sp³-hybridized carbons (Fsp3) is 0.375. The number of nitrogens with zero attached hydrogens (tertiary/aromatic N) is 3. The Kier molecular flexibility index (Phi) is 5.99. The molecule has 0 radical (unpaired) electrons. The first-order chi connectivity index (χ1) is 16.0. The molecule has 3 aromatic rings. The highest BCUT2D eigenvalue weighted by molar-refractivity contribution is 7.89. The maximum Gasteiger partial charge on any atom is 0.322 e. The summed E-state index contributed by atoms with van der Waals surface area (Å²) in [6.07, 6.45) is 7.33. The van der Waals surface area contributed by atoms with Crippen LogP contribution in [0.3, 0.4) is 0 Å². The Morgan fingerprint density at radius 1 is 0.879 bits per heavy atom. The van der Waals surface area contributed by atoms with E-state index in [0.29, 0.717) is 24.5 Å². The van der Waals surface area contributed by atoms with Crippen LogP contribution in [0.1, 0.15) is 53.6 Å². The zero-order chi connectivity index (χ0) is 22.8. The number of hydrogen-bond acceptors (Lipinski definition) is 6. The van der Waals surface area contributed by atoms with E-state index in [1.54, 1.807) is 0 Å². The molecule has 1 amide bonds. The largest absolute Gasteiger partial charge is 0.403 e. The Morgan fingerprint density at radius 2 is 1.61 bits per heavy atom. The molecule has 1 aliphatic heterocycles. The first-order valence-electron chi connectivity index (χ1n) is 11.4. The molecule has 2 aliphatic rings. The number of carbonyl (C=O) groups excluding carboxylic acids is 1. The summed E-state index contributed by atoms with van der Waals surface area (Å²) in [6, 6.07) is 12.1. The van der Waals surface area contributed by atoms with Gasteiger partial charge >= 0.3 is 6.01 Å². The molecule has 2 heterocycles. The molecule has 1 aromatic heterocycles. The Labute approximate surface area is 193 Å². The number of aryl methyl sites for hydroxylation is 2. The monoisotopic (exact) mass is 466 g/mol. The van der Waals surface area contributed by atoms with Crippen molar-refractivity contribution in [3.8, 4) is 11.5 Å². The molecule has 1 N–H and O–H groups in total. The van der Waals surface area contributed by atoms with Gasteiger partial charge in [0.05, 0.1) is 4.90 Å². The number of nitrogens with one attached hydrogen (secondary N) is 1. The predicted octanol–water partition coefficient (Wildman–Crippen LogP) is 4.04. The molecule has 1 saturated heterocycles. The molecule has 1 fully saturated rings. The second-order valence-corrected chi connectivity index (χ2v) is 10.5. The van der Waals surface area contributed by atoms with Crippen molar-refractivity contribution in [2.24, 2.45) is 0 Å². The van der Waals surface area contributed by atoms with Gasteiger partial charge in [-0.3, -0.25) is 10.1 Å². The number of rotatable bonds is 5. The van der Waals surface area contributed by atoms with Gasteiger partial charge in [-0.05, 0) is 86.1 Å². The highest BCUT2D eigenvalue weighted by atomic mass is 32.2. The molecule has 0 saturated carbocycles. The first-order valence-corrected chi connectivity index (χ1v) is 12.8. The van der Waals surface area contributed by atoms with Gasteiger partial charge in [-0.15, -0.1) is 5.10 Å². The Hall–Kier alpha value is -3.04. The van der Waals surface area contributed by atoms with Gasteiger partial charge in [0, 0.05) is 24.2 Å². The van der Waals surface area contributed by atoms with E-state index in [9.17, 15) is 13.2 Å². The van der Waals surface area contributed by atoms with Gasteiger partial charge in [0.25, 0.3) is 5.91 Å². The van der Waals surface area contributed by atoms with Crippen molar-refractivity contribution in [1.82, 2.24) is 14.5 Å². The van der Waals surface area contributed by atoms with E-state index in [-0.39, 0.29) is 10.9 Å². The van der Waals surface area contributed by atoms with Crippen LogP contribution in [0.15, 0.2) is 51.8 Å². The van der Waals surface area contributed by atoms with Crippen molar-refractivity contribution in [1.29, 1.82) is 0 Å². The highest BCUT2D eigenvalue weighted by Gasteiger charge is 2.26. The fourth-order valence-corrected chi connectivity index (χ4v) is 5.98. The third-order valence-corrected chi connectivity index (χ3v) is 8.22. The molecule has 5 rings (SSSR count). The van der Waals surface area contributed by atoms with E-state index < -0.39 is 15.9 Å². The summed E-state index contributed by atoms with van der Waals surface area (Å²) in [6.45, 7) is 1.07. The molecular weight excluding hydrogens is 440 g/mol. The van der Waals surface area contributed by atoms with Gasteiger partial charge in [-0.2, -0.15) is 4.31 Å². The third-order valence-electron chi connectivity index (χ3n) is 6.31. The molecule has 0 unspecified atom stereocenters. The smallest absolute Gasteiger partial charge is 0.322 e. The normalized spacial score (nSPS) is 16.8. The van der Waals surface area contributed by atoms with Crippen LogP contribution in [0.2, 0.25) is 0 Å². The zero-order valence-electron chi connectivity index (χ0n) is 18.3. The number of benzene rings is 2. The summed E-state index contributed by atoms with van der Waals surface area (Å²) in [5.41, 5.74) is 3.81. The summed E-state index contributed by atoms with van der Waals surface area (Å²) in [7, 11) is -3.54. The van der Waals surface area contributed by atoms with Crippen LogP contribution >= 0.6 is 0 Å². The molecule has 1 aliphatic carbocycles. The topological polar surface area (TPSA) is 105 Å². The van der Waals surface area contributed by atoms with Gasteiger partial charge in [0.2, 0.25) is 15.9 Å². The van der Waals surface area contributed by atoms with Crippen molar-refractivity contribution in [3.05, 3.63) is 59.2 Å². The van der Waals surface area contributed by atoms with E-state index in [1.807, 2.05) is 6.07 Å². The molecule has 0 bridgehead atoms. The fourth-order valence-electron chi connectivity index (χ4n) is 4.46. The van der Waals surface area contributed by atoms with Crippen molar-refractivity contribution in [2.45, 2.75) is 49.8 Å². The van der Waals surface area contributed by atoms with Gasteiger partial charge in [-0.25, -0.2) is 8.42 Å². The average Bonchev–Trinajstić information content (AvgIpc) is 3.33. The number of hydrogen-bond donors (Lipinski definition) is 1. The molecule has 9 heteroatoms. The van der Waals surface area contributed by atoms with Gasteiger partial charge < -0.3 is 4.42 Å². The Balaban J connectivity index is 1.27. The minimum atomic E-state index is -3.54. The molecule has 2 aromatic carbocycles. The van der Waals surface area contributed by atoms with Crippen molar-refractivity contribution < 1.29 is 17.6 Å². The lowest BCUT2D eigenvalue weighted by molar-refractivity contribution is 0.102. The summed E-state index contributed by atoms with van der Waals surface area (Å²) in [5, 5.41) is 10.6. The zero-order valence-corrected chi connectivity index (χ0v) is 19.1. The summed E-state index contributed by atoms with van der Waals surface area (Å²) in [5.74, 6) is -0.0980. The van der Waals surface area contributed by atoms with Crippen LogP contribution in [0.4, 0.5) is 6.01 Å². The lowest BCUT2D eigenvalue weighted by Crippen LogP contribution is -2.35. The molecular formula is C24H26N4O4S. The van der Waals surface area contributed by atoms with E-state index in [0.717, 1.165) is 37.7 Å². The van der Waals surface area contributed by atoms with E-state index in [2.05, 4.69) is 27.6 Å². The van der Waals surface area contributed by atoms with Gasteiger partial charge in [0.15, 0.2) is 0 Å². The van der Waals surface area contributed by atoms with Crippen LogP contribution in [0.5, 0.6) is 0 Å². The van der Waals surface area contributed by atoms with Crippen LogP contribution in [0.25, 0.3) is 11.5 Å². The number of amides is 1. The number of piperidine rings is 1. The Bertz CT molecular complexity index is 1260. The van der Waals surface area contributed by atoms with Crippen molar-refractivity contribution >= 4 is 21.9 Å². The third kappa shape index (κ3) is 4.56. The molecule has 172 valence electrons. The number of carbonyl (C=O) groups is 1. The maximum atomic E-state index is 12.8. The number of sulfonamides is 1. The average molecular weight is 467 g/mol. The number of anilines is 1. The quantitative estimate of drug-likeness (QED) is 0.608. The minimum absolute atomic E-state index is 0.00210. The minimum Gasteiger partial charge on any atom is -0.403 e. The van der Waals surface area contributed by atoms with Crippen LogP contribution in [-0.4, -0.2) is 41.9 Å². The number of aromatic nitrogens is 2. The number of fused-ring (bicyclic) bond motifs is 1. The summed E-state index contributed by atoms with van der Waals surface area (Å²) in [4.78, 5) is 12.8. The lowest BCUT2D eigenvalue weighted by Gasteiger charge is -2.25. The first kappa shape index (κ1) is 21.8. The van der Waals surface area contributed by atoms with E-state index >= 15 is 0 Å². The molecule has 33 heavy (non-hydrogen) atoms. The summed E-state index contributed by atoms with van der Waals surface area (Å²) >= 11 is 0. The van der Waals surface area contributed by atoms with Crippen LogP contribution in [0, 0.1) is 0 Å². The van der Waals surface area contributed by atoms with E-state index in [4.69, 9.17) is 4.42 Å². The second-order valence-electron chi connectivity index (χ2n) is 8.55. The Morgan fingerprint density at radius 3 is 2.36 bits per heavy atom. The molecule has 0 spiro atoms. The summed E-state index contributed by atoms with van der Waals surface area (Å²) < 4.78 is 32.7. The second kappa shape index (κ2) is 9.07. The van der Waals surface area contributed by atoms with Crippen molar-refractivity contribution in [3.63, 3.8) is 0 Å². The van der Waals surface area contributed by atoms with Crippen LogP contribution in [-0.2, 0) is 22.9 Å².